The largest absolute Gasteiger partial charge is 0.350 e. The van der Waals surface area contributed by atoms with Gasteiger partial charge in [0.1, 0.15) is 10.5 Å². The van der Waals surface area contributed by atoms with Gasteiger partial charge in [0, 0.05) is 11.9 Å². The molecule has 0 unspecified atom stereocenters. The van der Waals surface area contributed by atoms with Gasteiger partial charge in [-0.3, -0.25) is 4.79 Å². The van der Waals surface area contributed by atoms with Crippen molar-refractivity contribution >= 4 is 39.1 Å². The average Bonchev–Trinajstić information content (AvgIpc) is 3.06. The first-order valence-corrected chi connectivity index (χ1v) is 9.00. The summed E-state index contributed by atoms with van der Waals surface area (Å²) in [4.78, 5) is 16.3. The van der Waals surface area contributed by atoms with Crippen LogP contribution in [0.15, 0.2) is 36.4 Å². The van der Waals surface area contributed by atoms with Crippen LogP contribution in [0, 0.1) is 0 Å². The fourth-order valence-electron chi connectivity index (χ4n) is 2.74. The van der Waals surface area contributed by atoms with Gasteiger partial charge in [0.25, 0.3) is 5.91 Å². The minimum absolute atomic E-state index is 0.0718. The number of aromatic nitrogens is 1. The van der Waals surface area contributed by atoms with E-state index in [1.54, 1.807) is 0 Å². The van der Waals surface area contributed by atoms with E-state index in [1.165, 1.54) is 22.5 Å². The Morgan fingerprint density at radius 3 is 2.65 bits per heavy atom. The number of fused-ring (bicyclic) bond motifs is 1. The molecule has 0 fully saturated rings. The molecule has 2 N–H and O–H groups in total. The van der Waals surface area contributed by atoms with Crippen molar-refractivity contribution in [2.45, 2.75) is 26.2 Å². The van der Waals surface area contributed by atoms with Crippen LogP contribution < -0.4 is 5.32 Å². The lowest BCUT2D eigenvalue weighted by molar-refractivity contribution is 0.0950. The molecule has 0 saturated heterocycles. The highest BCUT2D eigenvalue weighted by Crippen LogP contribution is 2.29. The third-order valence-corrected chi connectivity index (χ3v) is 5.04. The van der Waals surface area contributed by atoms with Gasteiger partial charge >= 0.3 is 0 Å². The standard InChI is InChI=1S/C18H19ClN2OS/c1-2-5-12-6-3-4-7-13(12)8-9-20-17(22)15-10-14-11-16(19)23-18(14)21-15/h3-4,6-7,10-11,21H,2,5,8-9H2,1H3,(H,20,22). The van der Waals surface area contributed by atoms with Gasteiger partial charge in [-0.05, 0) is 36.1 Å². The van der Waals surface area contributed by atoms with E-state index in [9.17, 15) is 4.79 Å². The zero-order chi connectivity index (χ0) is 16.2. The number of carbonyl (C=O) groups is 1. The summed E-state index contributed by atoms with van der Waals surface area (Å²) < 4.78 is 0.728. The molecule has 1 amide bonds. The molecule has 23 heavy (non-hydrogen) atoms. The van der Waals surface area contributed by atoms with Gasteiger partial charge in [0.15, 0.2) is 0 Å². The number of carbonyl (C=O) groups excluding carboxylic acids is 1. The molecule has 0 saturated carbocycles. The van der Waals surface area contributed by atoms with Crippen molar-refractivity contribution in [3.8, 4) is 0 Å². The number of halogens is 1. The fraction of sp³-hybridized carbons (Fsp3) is 0.278. The van der Waals surface area contributed by atoms with Crippen molar-refractivity contribution in [3.05, 3.63) is 57.6 Å². The summed E-state index contributed by atoms with van der Waals surface area (Å²) in [6, 6.07) is 12.2. The Balaban J connectivity index is 1.59. The number of hydrogen-bond donors (Lipinski definition) is 2. The van der Waals surface area contributed by atoms with Crippen LogP contribution in [-0.4, -0.2) is 17.4 Å². The number of rotatable bonds is 6. The van der Waals surface area contributed by atoms with E-state index in [-0.39, 0.29) is 5.91 Å². The second kappa shape index (κ2) is 7.20. The van der Waals surface area contributed by atoms with Crippen LogP contribution in [0.5, 0.6) is 0 Å². The summed E-state index contributed by atoms with van der Waals surface area (Å²) in [5, 5.41) is 3.97. The monoisotopic (exact) mass is 346 g/mol. The summed E-state index contributed by atoms with van der Waals surface area (Å²) in [7, 11) is 0. The Morgan fingerprint density at radius 2 is 1.96 bits per heavy atom. The molecule has 2 aromatic heterocycles. The van der Waals surface area contributed by atoms with E-state index < -0.39 is 0 Å². The molecule has 0 bridgehead atoms. The van der Waals surface area contributed by atoms with Crippen LogP contribution in [0.4, 0.5) is 0 Å². The smallest absolute Gasteiger partial charge is 0.267 e. The predicted molar refractivity (Wildman–Crippen MR) is 97.7 cm³/mol. The molecule has 0 radical (unpaired) electrons. The van der Waals surface area contributed by atoms with Crippen molar-refractivity contribution in [3.63, 3.8) is 0 Å². The summed E-state index contributed by atoms with van der Waals surface area (Å²) in [5.41, 5.74) is 3.28. The third-order valence-electron chi connectivity index (χ3n) is 3.84. The number of benzene rings is 1. The van der Waals surface area contributed by atoms with Gasteiger partial charge in [-0.2, -0.15) is 0 Å². The summed E-state index contributed by atoms with van der Waals surface area (Å²) >= 11 is 7.39. The normalized spacial score (nSPS) is 11.0. The molecule has 0 aliphatic rings. The Hall–Kier alpha value is -1.78. The molecule has 3 rings (SSSR count). The van der Waals surface area contributed by atoms with Gasteiger partial charge in [0.05, 0.1) is 4.34 Å². The first-order chi connectivity index (χ1) is 11.2. The van der Waals surface area contributed by atoms with Crippen LogP contribution in [0.3, 0.4) is 0 Å². The highest BCUT2D eigenvalue weighted by molar-refractivity contribution is 7.22. The molecule has 0 spiro atoms. The molecule has 0 aliphatic carbocycles. The molecular weight excluding hydrogens is 328 g/mol. The van der Waals surface area contributed by atoms with Gasteiger partial charge in [-0.15, -0.1) is 11.3 Å². The van der Waals surface area contributed by atoms with E-state index in [0.29, 0.717) is 12.2 Å². The first kappa shape index (κ1) is 16.1. The Kier molecular flexibility index (Phi) is 5.03. The number of H-pyrrole nitrogens is 1. The Morgan fingerprint density at radius 1 is 1.22 bits per heavy atom. The molecule has 3 aromatic rings. The van der Waals surface area contributed by atoms with Gasteiger partial charge in [0.2, 0.25) is 0 Å². The predicted octanol–water partition coefficient (Wildman–Crippen LogP) is 4.81. The van der Waals surface area contributed by atoms with E-state index in [1.807, 2.05) is 12.1 Å². The van der Waals surface area contributed by atoms with E-state index in [4.69, 9.17) is 11.6 Å². The van der Waals surface area contributed by atoms with Crippen molar-refractivity contribution in [1.82, 2.24) is 10.3 Å². The number of aryl methyl sites for hydroxylation is 1. The highest BCUT2D eigenvalue weighted by Gasteiger charge is 2.11. The molecule has 2 heterocycles. The Labute approximate surface area is 144 Å². The molecule has 3 nitrogen and oxygen atoms in total. The number of nitrogens with one attached hydrogen (secondary N) is 2. The SMILES string of the molecule is CCCc1ccccc1CCNC(=O)c1cc2cc(Cl)sc2[nH]1. The molecule has 0 aliphatic heterocycles. The van der Waals surface area contributed by atoms with Crippen LogP contribution in [0.25, 0.3) is 10.2 Å². The minimum Gasteiger partial charge on any atom is -0.350 e. The first-order valence-electron chi connectivity index (χ1n) is 7.80. The second-order valence-electron chi connectivity index (χ2n) is 5.54. The zero-order valence-electron chi connectivity index (χ0n) is 13.0. The summed E-state index contributed by atoms with van der Waals surface area (Å²) in [6.45, 7) is 2.81. The molecule has 0 atom stereocenters. The second-order valence-corrected chi connectivity index (χ2v) is 7.23. The molecule has 120 valence electrons. The topological polar surface area (TPSA) is 44.9 Å². The lowest BCUT2D eigenvalue weighted by atomic mass is 10.0. The van der Waals surface area contributed by atoms with Gasteiger partial charge in [-0.25, -0.2) is 0 Å². The lowest BCUT2D eigenvalue weighted by Gasteiger charge is -2.09. The van der Waals surface area contributed by atoms with Gasteiger partial charge < -0.3 is 10.3 Å². The lowest BCUT2D eigenvalue weighted by Crippen LogP contribution is -2.26. The van der Waals surface area contributed by atoms with Crippen LogP contribution in [-0.2, 0) is 12.8 Å². The van der Waals surface area contributed by atoms with Crippen LogP contribution in [0.1, 0.15) is 35.0 Å². The maximum Gasteiger partial charge on any atom is 0.267 e. The fourth-order valence-corrected chi connectivity index (χ4v) is 3.86. The van der Waals surface area contributed by atoms with Crippen LogP contribution >= 0.6 is 22.9 Å². The number of amides is 1. The van der Waals surface area contributed by atoms with Crippen molar-refractivity contribution in [2.75, 3.05) is 6.54 Å². The summed E-state index contributed by atoms with van der Waals surface area (Å²) in [6.07, 6.45) is 3.06. The number of aromatic amines is 1. The van der Waals surface area contributed by atoms with E-state index >= 15 is 0 Å². The molecule has 5 heteroatoms. The van der Waals surface area contributed by atoms with Crippen molar-refractivity contribution in [2.24, 2.45) is 0 Å². The van der Waals surface area contributed by atoms with E-state index in [0.717, 1.165) is 33.8 Å². The molecule has 1 aromatic carbocycles. The van der Waals surface area contributed by atoms with Crippen molar-refractivity contribution < 1.29 is 4.79 Å². The molecular formula is C18H19ClN2OS. The number of hydrogen-bond acceptors (Lipinski definition) is 2. The Bertz CT molecular complexity index is 790. The maximum absolute atomic E-state index is 12.2. The third kappa shape index (κ3) is 3.77. The van der Waals surface area contributed by atoms with Gasteiger partial charge in [-0.1, -0.05) is 49.2 Å². The highest BCUT2D eigenvalue weighted by atomic mass is 35.5. The minimum atomic E-state index is -0.0718. The van der Waals surface area contributed by atoms with E-state index in [2.05, 4.69) is 41.5 Å². The number of thiophene rings is 1. The maximum atomic E-state index is 12.2. The average molecular weight is 347 g/mol. The summed E-state index contributed by atoms with van der Waals surface area (Å²) in [5.74, 6) is -0.0718. The van der Waals surface area contributed by atoms with Crippen molar-refractivity contribution in [1.29, 1.82) is 0 Å². The quantitative estimate of drug-likeness (QED) is 0.661. The van der Waals surface area contributed by atoms with Crippen LogP contribution in [0.2, 0.25) is 4.34 Å². The zero-order valence-corrected chi connectivity index (χ0v) is 14.6.